The largest absolute Gasteiger partial charge is 0.489 e. The van der Waals surface area contributed by atoms with Crippen LogP contribution in [0.15, 0.2) is 71.8 Å². The molecule has 40 heavy (non-hydrogen) atoms. The van der Waals surface area contributed by atoms with Gasteiger partial charge in [0.25, 0.3) is 0 Å². The first-order chi connectivity index (χ1) is 19.4. The van der Waals surface area contributed by atoms with Crippen molar-refractivity contribution in [1.82, 2.24) is 5.43 Å². The maximum absolute atomic E-state index is 12.6. The van der Waals surface area contributed by atoms with Crippen molar-refractivity contribution in [2.45, 2.75) is 39.7 Å². The van der Waals surface area contributed by atoms with E-state index in [1.54, 1.807) is 13.8 Å². The van der Waals surface area contributed by atoms with E-state index in [0.717, 1.165) is 46.2 Å². The monoisotopic (exact) mass is 555 g/mol. The zero-order valence-corrected chi connectivity index (χ0v) is 23.1. The first-order valence-corrected chi connectivity index (χ1v) is 13.9. The van der Waals surface area contributed by atoms with Gasteiger partial charge in [-0.1, -0.05) is 42.5 Å². The molecule has 4 aromatic rings. The zero-order chi connectivity index (χ0) is 28.1. The van der Waals surface area contributed by atoms with Crippen molar-refractivity contribution in [3.05, 3.63) is 93.9 Å². The van der Waals surface area contributed by atoms with Crippen molar-refractivity contribution in [2.24, 2.45) is 5.10 Å². The van der Waals surface area contributed by atoms with Crippen LogP contribution in [0.25, 0.3) is 10.8 Å². The molecule has 1 aliphatic carbocycles. The highest BCUT2D eigenvalue weighted by atomic mass is 32.1. The molecule has 8 nitrogen and oxygen atoms in total. The lowest BCUT2D eigenvalue weighted by molar-refractivity contribution is -0.136. The van der Waals surface area contributed by atoms with Crippen molar-refractivity contribution < 1.29 is 23.9 Å². The molecule has 1 aromatic heterocycles. The number of ether oxygens (including phenoxy) is 2. The van der Waals surface area contributed by atoms with E-state index >= 15 is 0 Å². The predicted molar refractivity (Wildman–Crippen MR) is 156 cm³/mol. The molecule has 0 aliphatic heterocycles. The van der Waals surface area contributed by atoms with Crippen LogP contribution >= 0.6 is 11.3 Å². The number of anilines is 1. The van der Waals surface area contributed by atoms with Gasteiger partial charge in [-0.05, 0) is 84.8 Å². The Morgan fingerprint density at radius 1 is 0.950 bits per heavy atom. The Labute approximate surface area is 236 Å². The first kappa shape index (κ1) is 27.1. The molecule has 0 spiro atoms. The molecular formula is C31H29N3O5S. The first-order valence-electron chi connectivity index (χ1n) is 13.1. The normalized spacial score (nSPS) is 12.6. The fourth-order valence-corrected chi connectivity index (χ4v) is 5.97. The van der Waals surface area contributed by atoms with E-state index in [4.69, 9.17) is 9.47 Å². The fraction of sp³-hybridized carbons (Fsp3) is 0.226. The van der Waals surface area contributed by atoms with Gasteiger partial charge in [-0.2, -0.15) is 5.10 Å². The quantitative estimate of drug-likeness (QED) is 0.127. The summed E-state index contributed by atoms with van der Waals surface area (Å²) in [5.74, 6) is -1.62. The van der Waals surface area contributed by atoms with E-state index in [-0.39, 0.29) is 6.61 Å². The van der Waals surface area contributed by atoms with E-state index in [0.29, 0.717) is 28.6 Å². The second kappa shape index (κ2) is 12.1. The third-order valence-corrected chi connectivity index (χ3v) is 7.91. The average molecular weight is 556 g/mol. The van der Waals surface area contributed by atoms with Crippen LogP contribution in [0.4, 0.5) is 5.00 Å². The number of esters is 1. The summed E-state index contributed by atoms with van der Waals surface area (Å²) in [5, 5.41) is 9.31. The second-order valence-corrected chi connectivity index (χ2v) is 10.4. The predicted octanol–water partition coefficient (Wildman–Crippen LogP) is 5.62. The third kappa shape index (κ3) is 5.89. The number of benzene rings is 3. The number of nitrogens with zero attached hydrogens (tertiary/aromatic N) is 1. The molecule has 5 rings (SSSR count). The summed E-state index contributed by atoms with van der Waals surface area (Å²) in [6, 6.07) is 21.7. The molecule has 0 unspecified atom stereocenters. The lowest BCUT2D eigenvalue weighted by Gasteiger charge is -2.10. The Bertz CT molecular complexity index is 1600. The maximum Gasteiger partial charge on any atom is 0.341 e. The zero-order valence-electron chi connectivity index (χ0n) is 22.3. The molecule has 1 aliphatic rings. The minimum absolute atomic E-state index is 0.225. The summed E-state index contributed by atoms with van der Waals surface area (Å²) < 4.78 is 11.2. The van der Waals surface area contributed by atoms with Crippen LogP contribution in [0.1, 0.15) is 52.2 Å². The number of hydrazone groups is 1. The van der Waals surface area contributed by atoms with Crippen molar-refractivity contribution in [2.75, 3.05) is 11.9 Å². The van der Waals surface area contributed by atoms with E-state index in [1.807, 2.05) is 42.5 Å². The highest BCUT2D eigenvalue weighted by Gasteiger charge is 2.29. The molecule has 9 heteroatoms. The van der Waals surface area contributed by atoms with Crippen LogP contribution in [0, 0.1) is 0 Å². The van der Waals surface area contributed by atoms with Crippen LogP contribution in [0.2, 0.25) is 0 Å². The number of aryl methyl sites for hydroxylation is 1. The molecular weight excluding hydrogens is 526 g/mol. The molecule has 204 valence electrons. The van der Waals surface area contributed by atoms with Gasteiger partial charge in [0.2, 0.25) is 0 Å². The van der Waals surface area contributed by atoms with Gasteiger partial charge in [-0.3, -0.25) is 9.59 Å². The molecule has 1 heterocycles. The highest BCUT2D eigenvalue weighted by Crippen LogP contribution is 2.39. The molecule has 0 saturated heterocycles. The summed E-state index contributed by atoms with van der Waals surface area (Å²) >= 11 is 1.31. The highest BCUT2D eigenvalue weighted by molar-refractivity contribution is 7.17. The van der Waals surface area contributed by atoms with Crippen LogP contribution in [-0.2, 0) is 33.8 Å². The van der Waals surface area contributed by atoms with E-state index in [9.17, 15) is 14.4 Å². The van der Waals surface area contributed by atoms with E-state index in [2.05, 4.69) is 40.1 Å². The van der Waals surface area contributed by atoms with Crippen molar-refractivity contribution in [3.63, 3.8) is 0 Å². The Hall–Kier alpha value is -4.50. The Balaban J connectivity index is 1.18. The number of amides is 2. The standard InChI is InChI=1S/C31H29N3O5S/c1-3-38-31(37)27-25-12-7-13-26(25)40-30(27)32-28(35)29(36)34-33-19(2)20-14-16-23(17-15-20)39-18-22-10-6-9-21-8-4-5-11-24(21)22/h4-6,8-11,14-17H,3,7,12-13,18H2,1-2H3,(H,32,35)(H,34,36)/b33-19+. The number of rotatable bonds is 8. The fourth-order valence-electron chi connectivity index (χ4n) is 4.69. The lowest BCUT2D eigenvalue weighted by atomic mass is 10.1. The van der Waals surface area contributed by atoms with E-state index in [1.165, 1.54) is 16.7 Å². The van der Waals surface area contributed by atoms with Crippen molar-refractivity contribution in [1.29, 1.82) is 0 Å². The van der Waals surface area contributed by atoms with Gasteiger partial charge in [-0.25, -0.2) is 10.2 Å². The number of thiophene rings is 1. The molecule has 2 N–H and O–H groups in total. The number of carbonyl (C=O) groups excluding carboxylic acids is 3. The Morgan fingerprint density at radius 3 is 2.52 bits per heavy atom. The summed E-state index contributed by atoms with van der Waals surface area (Å²) in [6.45, 7) is 4.11. The number of fused-ring (bicyclic) bond motifs is 2. The van der Waals surface area contributed by atoms with Crippen LogP contribution in [0.3, 0.4) is 0 Å². The summed E-state index contributed by atoms with van der Waals surface area (Å²) in [5.41, 5.74) is 5.93. The van der Waals surface area contributed by atoms with Gasteiger partial charge in [-0.15, -0.1) is 11.3 Å². The van der Waals surface area contributed by atoms with Crippen LogP contribution in [-0.4, -0.2) is 30.1 Å². The Morgan fingerprint density at radius 2 is 1.73 bits per heavy atom. The van der Waals surface area contributed by atoms with Gasteiger partial charge in [0.15, 0.2) is 0 Å². The van der Waals surface area contributed by atoms with Crippen molar-refractivity contribution in [3.8, 4) is 5.75 Å². The van der Waals surface area contributed by atoms with Crippen LogP contribution in [0.5, 0.6) is 5.75 Å². The van der Waals surface area contributed by atoms with Gasteiger partial charge in [0, 0.05) is 4.88 Å². The molecule has 2 amide bonds. The van der Waals surface area contributed by atoms with Gasteiger partial charge < -0.3 is 14.8 Å². The second-order valence-electron chi connectivity index (χ2n) is 9.33. The topological polar surface area (TPSA) is 106 Å². The molecule has 3 aromatic carbocycles. The summed E-state index contributed by atoms with van der Waals surface area (Å²) in [7, 11) is 0. The van der Waals surface area contributed by atoms with Crippen molar-refractivity contribution >= 4 is 50.6 Å². The third-order valence-electron chi connectivity index (χ3n) is 6.71. The average Bonchev–Trinajstić information content (AvgIpc) is 3.56. The molecule has 0 radical (unpaired) electrons. The number of nitrogens with one attached hydrogen (secondary N) is 2. The molecule has 0 bridgehead atoms. The number of hydrogen-bond acceptors (Lipinski definition) is 7. The van der Waals surface area contributed by atoms with Crippen LogP contribution < -0.4 is 15.5 Å². The number of hydrogen-bond donors (Lipinski definition) is 2. The maximum atomic E-state index is 12.6. The lowest BCUT2D eigenvalue weighted by Crippen LogP contribution is -2.33. The smallest absolute Gasteiger partial charge is 0.341 e. The molecule has 0 saturated carbocycles. The van der Waals surface area contributed by atoms with Gasteiger partial charge in [0.05, 0.1) is 17.9 Å². The Kier molecular flexibility index (Phi) is 8.21. The minimum Gasteiger partial charge on any atom is -0.489 e. The molecule has 0 fully saturated rings. The van der Waals surface area contributed by atoms with E-state index < -0.39 is 17.8 Å². The summed E-state index contributed by atoms with van der Waals surface area (Å²) in [4.78, 5) is 38.6. The molecule has 0 atom stereocenters. The number of carbonyl (C=O) groups is 3. The van der Waals surface area contributed by atoms with Gasteiger partial charge >= 0.3 is 17.8 Å². The van der Waals surface area contributed by atoms with Gasteiger partial charge in [0.1, 0.15) is 17.4 Å². The SMILES string of the molecule is CCOC(=O)c1c(NC(=O)C(=O)N/N=C(\C)c2ccc(OCc3cccc4ccccc34)cc2)sc2c1CCC2. The minimum atomic E-state index is -0.933. The summed E-state index contributed by atoms with van der Waals surface area (Å²) in [6.07, 6.45) is 2.54.